The van der Waals surface area contributed by atoms with Gasteiger partial charge in [0.2, 0.25) is 0 Å². The maximum atomic E-state index is 13.6. The molecule has 0 aliphatic carbocycles. The Balaban J connectivity index is 2.65. The summed E-state index contributed by atoms with van der Waals surface area (Å²) in [6.45, 7) is 0. The third kappa shape index (κ3) is 2.49. The molecule has 0 bridgehead atoms. The number of benzene rings is 1. The number of fused-ring (bicyclic) bond motifs is 1. The molecule has 1 aromatic carbocycles. The molecule has 0 aliphatic rings. The number of methoxy groups -OCH3 is 1. The molecule has 0 aliphatic heterocycles. The van der Waals surface area contributed by atoms with E-state index in [2.05, 4.69) is 9.72 Å². The summed E-state index contributed by atoms with van der Waals surface area (Å²) in [5.41, 5.74) is -0.320. The van der Waals surface area contributed by atoms with Crippen molar-refractivity contribution in [3.8, 4) is 0 Å². The second-order valence-corrected chi connectivity index (χ2v) is 4.14. The molecule has 0 saturated heterocycles. The fourth-order valence-corrected chi connectivity index (χ4v) is 1.86. The summed E-state index contributed by atoms with van der Waals surface area (Å²) in [7, 11) is 1.18. The number of rotatable bonds is 2. The predicted octanol–water partition coefficient (Wildman–Crippen LogP) is 3.02. The molecule has 0 unspecified atom stereocenters. The minimum Gasteiger partial charge on any atom is -0.469 e. The highest BCUT2D eigenvalue weighted by molar-refractivity contribution is 6.35. The maximum absolute atomic E-state index is 13.6. The van der Waals surface area contributed by atoms with Gasteiger partial charge in [-0.3, -0.25) is 4.79 Å². The summed E-state index contributed by atoms with van der Waals surface area (Å²) < 4.78 is 44.2. The van der Waals surface area contributed by atoms with Crippen molar-refractivity contribution in [2.45, 2.75) is 6.42 Å². The Morgan fingerprint density at radius 3 is 2.63 bits per heavy atom. The molecule has 0 saturated carbocycles. The van der Waals surface area contributed by atoms with Gasteiger partial charge >= 0.3 is 5.97 Å². The van der Waals surface area contributed by atoms with Gasteiger partial charge in [0, 0.05) is 5.39 Å². The van der Waals surface area contributed by atoms with E-state index >= 15 is 0 Å². The fraction of sp³-hybridized carbons (Fsp3) is 0.167. The maximum Gasteiger partial charge on any atom is 0.311 e. The molecule has 0 amide bonds. The monoisotopic (exact) mass is 289 g/mol. The molecule has 0 fully saturated rings. The molecular weight excluding hydrogens is 283 g/mol. The second kappa shape index (κ2) is 5.05. The van der Waals surface area contributed by atoms with Gasteiger partial charge in [0.25, 0.3) is 0 Å². The highest BCUT2D eigenvalue weighted by Crippen LogP contribution is 2.28. The van der Waals surface area contributed by atoms with Crippen molar-refractivity contribution in [3.05, 3.63) is 40.3 Å². The summed E-state index contributed by atoms with van der Waals surface area (Å²) in [6, 6.07) is 2.03. The second-order valence-electron chi connectivity index (χ2n) is 3.73. The van der Waals surface area contributed by atoms with Gasteiger partial charge in [-0.05, 0) is 12.1 Å². The lowest BCUT2D eigenvalue weighted by Gasteiger charge is -2.06. The Hall–Kier alpha value is -1.82. The zero-order valence-electron chi connectivity index (χ0n) is 9.64. The van der Waals surface area contributed by atoms with Gasteiger partial charge in [0.1, 0.15) is 5.52 Å². The molecular formula is C12H7ClF3NO2. The molecule has 1 aromatic heterocycles. The van der Waals surface area contributed by atoms with Crippen LogP contribution < -0.4 is 0 Å². The lowest BCUT2D eigenvalue weighted by atomic mass is 10.1. The minimum atomic E-state index is -1.63. The minimum absolute atomic E-state index is 0.0262. The molecule has 7 heteroatoms. The van der Waals surface area contributed by atoms with Crippen LogP contribution >= 0.6 is 11.6 Å². The summed E-state index contributed by atoms with van der Waals surface area (Å²) >= 11 is 5.84. The zero-order chi connectivity index (χ0) is 14.2. The number of aromatic nitrogens is 1. The van der Waals surface area contributed by atoms with Crippen LogP contribution in [0.3, 0.4) is 0 Å². The number of hydrogen-bond donors (Lipinski definition) is 0. The van der Waals surface area contributed by atoms with Crippen molar-refractivity contribution in [1.82, 2.24) is 4.98 Å². The van der Waals surface area contributed by atoms with Crippen LogP contribution in [0.2, 0.25) is 5.02 Å². The first-order valence-electron chi connectivity index (χ1n) is 5.13. The standard InChI is InChI=1S/C12H7ClF3NO2/c1-19-9(18)3-5-2-7(13)6-4-8(14)10(15)11(16)12(6)17-5/h2,4H,3H2,1H3. The van der Waals surface area contributed by atoms with Gasteiger partial charge in [0.15, 0.2) is 17.5 Å². The molecule has 2 rings (SSSR count). The first kappa shape index (κ1) is 13.6. The number of esters is 1. The van der Waals surface area contributed by atoms with E-state index < -0.39 is 28.9 Å². The van der Waals surface area contributed by atoms with Crippen molar-refractivity contribution < 1.29 is 22.7 Å². The van der Waals surface area contributed by atoms with E-state index in [4.69, 9.17) is 11.6 Å². The highest BCUT2D eigenvalue weighted by Gasteiger charge is 2.18. The quantitative estimate of drug-likeness (QED) is 0.630. The number of halogens is 4. The van der Waals surface area contributed by atoms with E-state index in [1.165, 1.54) is 13.2 Å². The molecule has 3 nitrogen and oxygen atoms in total. The molecule has 0 spiro atoms. The van der Waals surface area contributed by atoms with E-state index in [0.29, 0.717) is 0 Å². The van der Waals surface area contributed by atoms with Gasteiger partial charge in [-0.2, -0.15) is 0 Å². The van der Waals surface area contributed by atoms with Crippen molar-refractivity contribution in [1.29, 1.82) is 0 Å². The van der Waals surface area contributed by atoms with E-state index in [1.54, 1.807) is 0 Å². The number of pyridine rings is 1. The Kier molecular flexibility index (Phi) is 3.61. The Morgan fingerprint density at radius 2 is 2.00 bits per heavy atom. The van der Waals surface area contributed by atoms with Crippen molar-refractivity contribution in [2.75, 3.05) is 7.11 Å². The number of hydrogen-bond acceptors (Lipinski definition) is 3. The lowest BCUT2D eigenvalue weighted by Crippen LogP contribution is -2.07. The first-order chi connectivity index (χ1) is 8.93. The molecule has 2 aromatic rings. The van der Waals surface area contributed by atoms with E-state index in [1.807, 2.05) is 0 Å². The number of carbonyl (C=O) groups is 1. The van der Waals surface area contributed by atoms with E-state index in [0.717, 1.165) is 6.07 Å². The number of nitrogens with zero attached hydrogens (tertiary/aromatic N) is 1. The Labute approximate surface area is 111 Å². The summed E-state index contributed by atoms with van der Waals surface area (Å²) in [4.78, 5) is 14.9. The topological polar surface area (TPSA) is 39.2 Å². The SMILES string of the molecule is COC(=O)Cc1cc(Cl)c2cc(F)c(F)c(F)c2n1. The van der Waals surface area contributed by atoms with Gasteiger partial charge < -0.3 is 4.74 Å². The summed E-state index contributed by atoms with van der Waals surface area (Å²) in [5.74, 6) is -5.03. The third-order valence-electron chi connectivity index (χ3n) is 2.50. The van der Waals surface area contributed by atoms with Crippen LogP contribution in [0.15, 0.2) is 12.1 Å². The third-order valence-corrected chi connectivity index (χ3v) is 2.81. The van der Waals surface area contributed by atoms with E-state index in [-0.39, 0.29) is 22.5 Å². The van der Waals surface area contributed by atoms with Gasteiger partial charge in [-0.25, -0.2) is 18.2 Å². The van der Waals surface area contributed by atoms with Crippen LogP contribution in [0.4, 0.5) is 13.2 Å². The van der Waals surface area contributed by atoms with Crippen molar-refractivity contribution in [2.24, 2.45) is 0 Å². The molecule has 19 heavy (non-hydrogen) atoms. The van der Waals surface area contributed by atoms with Crippen molar-refractivity contribution >= 4 is 28.5 Å². The molecule has 0 radical (unpaired) electrons. The molecule has 100 valence electrons. The van der Waals surface area contributed by atoms with Crippen LogP contribution in [0.5, 0.6) is 0 Å². The van der Waals surface area contributed by atoms with Crippen LogP contribution in [-0.2, 0) is 16.0 Å². The highest BCUT2D eigenvalue weighted by atomic mass is 35.5. The Bertz CT molecular complexity index is 676. The number of ether oxygens (including phenoxy) is 1. The Morgan fingerprint density at radius 1 is 1.32 bits per heavy atom. The average Bonchev–Trinajstić information content (AvgIpc) is 2.37. The van der Waals surface area contributed by atoms with Crippen LogP contribution in [0.1, 0.15) is 5.69 Å². The molecule has 0 atom stereocenters. The first-order valence-corrected chi connectivity index (χ1v) is 5.51. The van der Waals surface area contributed by atoms with Gasteiger partial charge in [0.05, 0.1) is 24.2 Å². The van der Waals surface area contributed by atoms with Crippen LogP contribution in [0, 0.1) is 17.5 Å². The van der Waals surface area contributed by atoms with E-state index in [9.17, 15) is 18.0 Å². The van der Waals surface area contributed by atoms with Crippen LogP contribution in [0.25, 0.3) is 10.9 Å². The number of carbonyl (C=O) groups excluding carboxylic acids is 1. The van der Waals surface area contributed by atoms with Crippen molar-refractivity contribution in [3.63, 3.8) is 0 Å². The zero-order valence-corrected chi connectivity index (χ0v) is 10.4. The molecule has 1 heterocycles. The van der Waals surface area contributed by atoms with Crippen LogP contribution in [-0.4, -0.2) is 18.1 Å². The predicted molar refractivity (Wildman–Crippen MR) is 62.3 cm³/mol. The smallest absolute Gasteiger partial charge is 0.311 e. The van der Waals surface area contributed by atoms with Gasteiger partial charge in [-0.1, -0.05) is 11.6 Å². The molecule has 0 N–H and O–H groups in total. The fourth-order valence-electron chi connectivity index (χ4n) is 1.59. The van der Waals surface area contributed by atoms with Gasteiger partial charge in [-0.15, -0.1) is 0 Å². The summed E-state index contributed by atoms with van der Waals surface area (Å²) in [6.07, 6.45) is -0.245. The lowest BCUT2D eigenvalue weighted by molar-refractivity contribution is -0.139. The largest absolute Gasteiger partial charge is 0.469 e. The average molecular weight is 290 g/mol. The normalized spacial score (nSPS) is 10.8. The summed E-state index contributed by atoms with van der Waals surface area (Å²) in [5, 5.41) is -0.0895.